The maximum Gasteiger partial charge on any atom is 0.415 e. The van der Waals surface area contributed by atoms with Crippen LogP contribution in [0.3, 0.4) is 0 Å². The number of aromatic carboxylic acids is 1. The zero-order valence-corrected chi connectivity index (χ0v) is 16.9. The standard InChI is InChI=1S/C20H23N3O5S/c1-27-18-15(3-2-8-21-18)23(11-14-4-5-17(29-14)19(24)25)20(26)28-16-12-22-9-6-13(16)7-10-22/h2-5,8,13,16H,6-7,9-12H2,1H3,(H,24,25)/t16-/m0/s1. The number of hydrogen-bond acceptors (Lipinski definition) is 7. The highest BCUT2D eigenvalue weighted by Gasteiger charge is 2.37. The van der Waals surface area contributed by atoms with Crippen LogP contribution in [0.15, 0.2) is 30.5 Å². The van der Waals surface area contributed by atoms with Gasteiger partial charge >= 0.3 is 12.1 Å². The number of carbonyl (C=O) groups excluding carboxylic acids is 1. The Bertz CT molecular complexity index is 894. The van der Waals surface area contributed by atoms with Crippen molar-refractivity contribution in [3.63, 3.8) is 0 Å². The molecule has 0 unspecified atom stereocenters. The van der Waals surface area contributed by atoms with E-state index in [4.69, 9.17) is 9.47 Å². The van der Waals surface area contributed by atoms with E-state index < -0.39 is 12.1 Å². The summed E-state index contributed by atoms with van der Waals surface area (Å²) >= 11 is 1.13. The van der Waals surface area contributed by atoms with Crippen molar-refractivity contribution in [3.8, 4) is 5.88 Å². The first-order valence-electron chi connectivity index (χ1n) is 9.56. The molecule has 3 saturated heterocycles. The Morgan fingerprint density at radius 3 is 2.72 bits per heavy atom. The molecule has 0 spiro atoms. The first-order chi connectivity index (χ1) is 14.0. The van der Waals surface area contributed by atoms with Gasteiger partial charge in [-0.1, -0.05) is 0 Å². The summed E-state index contributed by atoms with van der Waals surface area (Å²) in [6, 6.07) is 6.73. The van der Waals surface area contributed by atoms with E-state index in [0.29, 0.717) is 17.5 Å². The Morgan fingerprint density at radius 2 is 2.10 bits per heavy atom. The van der Waals surface area contributed by atoms with E-state index in [1.54, 1.807) is 30.5 Å². The highest BCUT2D eigenvalue weighted by Crippen LogP contribution is 2.33. The number of hydrogen-bond donors (Lipinski definition) is 1. The van der Waals surface area contributed by atoms with Crippen molar-refractivity contribution in [2.24, 2.45) is 5.92 Å². The fourth-order valence-corrected chi connectivity index (χ4v) is 4.80. The third kappa shape index (κ3) is 4.20. The maximum atomic E-state index is 13.2. The second-order valence-electron chi connectivity index (χ2n) is 7.25. The quantitative estimate of drug-likeness (QED) is 0.772. The second kappa shape index (κ2) is 8.38. The summed E-state index contributed by atoms with van der Waals surface area (Å²) in [7, 11) is 1.50. The Balaban J connectivity index is 1.58. The van der Waals surface area contributed by atoms with Crippen molar-refractivity contribution in [2.75, 3.05) is 31.6 Å². The lowest BCUT2D eigenvalue weighted by molar-refractivity contribution is -0.0311. The molecule has 5 rings (SSSR count). The van der Waals surface area contributed by atoms with Crippen LogP contribution in [0.4, 0.5) is 10.5 Å². The number of anilines is 1. The van der Waals surface area contributed by atoms with Crippen LogP contribution < -0.4 is 9.64 Å². The van der Waals surface area contributed by atoms with E-state index in [0.717, 1.165) is 48.7 Å². The minimum Gasteiger partial charge on any atom is -0.480 e. The van der Waals surface area contributed by atoms with Crippen LogP contribution in [-0.2, 0) is 11.3 Å². The largest absolute Gasteiger partial charge is 0.480 e. The molecule has 1 amide bonds. The predicted octanol–water partition coefficient (Wildman–Crippen LogP) is 3.09. The number of methoxy groups -OCH3 is 1. The molecular formula is C20H23N3O5S. The number of thiophene rings is 1. The fraction of sp³-hybridized carbons (Fsp3) is 0.450. The van der Waals surface area contributed by atoms with Crippen molar-refractivity contribution in [1.29, 1.82) is 0 Å². The lowest BCUT2D eigenvalue weighted by Gasteiger charge is -2.44. The average molecular weight is 417 g/mol. The molecule has 3 aliphatic heterocycles. The summed E-state index contributed by atoms with van der Waals surface area (Å²) in [6.07, 6.45) is 3.07. The number of carboxylic acid groups (broad SMARTS) is 1. The van der Waals surface area contributed by atoms with Crippen molar-refractivity contribution < 1.29 is 24.2 Å². The Morgan fingerprint density at radius 1 is 1.31 bits per heavy atom. The van der Waals surface area contributed by atoms with Crippen LogP contribution >= 0.6 is 11.3 Å². The Hall–Kier alpha value is -2.65. The third-order valence-electron chi connectivity index (χ3n) is 5.49. The summed E-state index contributed by atoms with van der Waals surface area (Å²) in [6.45, 7) is 3.06. The molecule has 2 aromatic rings. The smallest absolute Gasteiger partial charge is 0.415 e. The van der Waals surface area contributed by atoms with E-state index in [9.17, 15) is 14.7 Å². The highest BCUT2D eigenvalue weighted by molar-refractivity contribution is 7.13. The van der Waals surface area contributed by atoms with Gasteiger partial charge in [-0.25, -0.2) is 14.6 Å². The molecule has 1 atom stereocenters. The summed E-state index contributed by atoms with van der Waals surface area (Å²) in [5, 5.41) is 9.19. The number of ether oxygens (including phenoxy) is 2. The molecule has 154 valence electrons. The number of amides is 1. The molecule has 2 bridgehead atoms. The average Bonchev–Trinajstić information content (AvgIpc) is 3.22. The molecule has 0 aromatic carbocycles. The molecule has 0 radical (unpaired) electrons. The van der Waals surface area contributed by atoms with Crippen LogP contribution in [0.25, 0.3) is 0 Å². The molecule has 3 fully saturated rings. The van der Waals surface area contributed by atoms with Gasteiger partial charge in [0.2, 0.25) is 5.88 Å². The highest BCUT2D eigenvalue weighted by atomic mass is 32.1. The van der Waals surface area contributed by atoms with Gasteiger partial charge in [-0.15, -0.1) is 11.3 Å². The van der Waals surface area contributed by atoms with Gasteiger partial charge in [0.1, 0.15) is 16.7 Å². The van der Waals surface area contributed by atoms with Crippen molar-refractivity contribution in [2.45, 2.75) is 25.5 Å². The number of carboxylic acids is 1. The van der Waals surface area contributed by atoms with E-state index in [2.05, 4.69) is 9.88 Å². The van der Waals surface area contributed by atoms with E-state index in [1.807, 2.05) is 0 Å². The van der Waals surface area contributed by atoms with Crippen LogP contribution in [-0.4, -0.2) is 59.9 Å². The molecule has 0 aliphatic carbocycles. The van der Waals surface area contributed by atoms with Crippen molar-refractivity contribution >= 4 is 29.1 Å². The Kier molecular flexibility index (Phi) is 5.68. The third-order valence-corrected chi connectivity index (χ3v) is 6.55. The predicted molar refractivity (Wildman–Crippen MR) is 108 cm³/mol. The normalized spacial score (nSPS) is 22.9. The van der Waals surface area contributed by atoms with Gasteiger partial charge in [-0.2, -0.15) is 0 Å². The molecule has 1 N–H and O–H groups in total. The molecule has 9 heteroatoms. The summed E-state index contributed by atoms with van der Waals surface area (Å²) < 4.78 is 11.3. The van der Waals surface area contributed by atoms with Gasteiger partial charge in [0, 0.05) is 17.6 Å². The van der Waals surface area contributed by atoms with Gasteiger partial charge in [-0.05, 0) is 56.1 Å². The number of nitrogens with zero attached hydrogens (tertiary/aromatic N) is 3. The van der Waals surface area contributed by atoms with Crippen LogP contribution in [0.2, 0.25) is 0 Å². The van der Waals surface area contributed by atoms with Crippen molar-refractivity contribution in [1.82, 2.24) is 9.88 Å². The van der Waals surface area contributed by atoms with Gasteiger partial charge in [0.15, 0.2) is 0 Å². The number of piperidine rings is 3. The number of rotatable bonds is 6. The van der Waals surface area contributed by atoms with Gasteiger partial charge in [0.05, 0.1) is 13.7 Å². The fourth-order valence-electron chi connectivity index (χ4n) is 3.96. The molecule has 0 saturated carbocycles. The molecular weight excluding hydrogens is 394 g/mol. The first-order valence-corrected chi connectivity index (χ1v) is 10.4. The van der Waals surface area contributed by atoms with Crippen LogP contribution in [0, 0.1) is 5.92 Å². The number of pyridine rings is 1. The van der Waals surface area contributed by atoms with E-state index in [-0.39, 0.29) is 17.5 Å². The molecule has 3 aliphatic rings. The number of aromatic nitrogens is 1. The molecule has 2 aromatic heterocycles. The number of carbonyl (C=O) groups is 2. The first kappa shape index (κ1) is 19.7. The van der Waals surface area contributed by atoms with E-state index >= 15 is 0 Å². The SMILES string of the molecule is COc1ncccc1N(Cc1ccc(C(=O)O)s1)C(=O)O[C@H]1CN2CCC1CC2. The minimum atomic E-state index is -0.985. The van der Waals surface area contributed by atoms with Gasteiger partial charge in [-0.3, -0.25) is 9.80 Å². The van der Waals surface area contributed by atoms with Gasteiger partial charge < -0.3 is 14.6 Å². The number of fused-ring (bicyclic) bond motifs is 3. The maximum absolute atomic E-state index is 13.2. The summed E-state index contributed by atoms with van der Waals surface area (Å²) in [5.41, 5.74) is 0.492. The van der Waals surface area contributed by atoms with Gasteiger partial charge in [0.25, 0.3) is 0 Å². The topological polar surface area (TPSA) is 92.2 Å². The zero-order valence-electron chi connectivity index (χ0n) is 16.1. The molecule has 29 heavy (non-hydrogen) atoms. The molecule has 8 nitrogen and oxygen atoms in total. The second-order valence-corrected chi connectivity index (χ2v) is 8.42. The lowest BCUT2D eigenvalue weighted by Crippen LogP contribution is -2.53. The summed E-state index contributed by atoms with van der Waals surface area (Å²) in [5.74, 6) is -0.281. The minimum absolute atomic E-state index is 0.131. The van der Waals surface area contributed by atoms with Crippen LogP contribution in [0.5, 0.6) is 5.88 Å². The zero-order chi connectivity index (χ0) is 20.4. The lowest BCUT2D eigenvalue weighted by atomic mass is 9.86. The van der Waals surface area contributed by atoms with Crippen molar-refractivity contribution in [3.05, 3.63) is 40.2 Å². The summed E-state index contributed by atoms with van der Waals surface area (Å²) in [4.78, 5) is 33.4. The Labute approximate surface area is 172 Å². The van der Waals surface area contributed by atoms with Crippen LogP contribution in [0.1, 0.15) is 27.4 Å². The van der Waals surface area contributed by atoms with E-state index in [1.165, 1.54) is 12.0 Å². The monoisotopic (exact) mass is 417 g/mol. The molecule has 5 heterocycles.